The highest BCUT2D eigenvalue weighted by Gasteiger charge is 2.17. The van der Waals surface area contributed by atoms with Gasteiger partial charge < -0.3 is 10.1 Å². The average molecular weight is 302 g/mol. The lowest BCUT2D eigenvalue weighted by atomic mass is 10.2. The zero-order valence-electron chi connectivity index (χ0n) is 11.7. The topological polar surface area (TPSA) is 38.3 Å². The minimum Gasteiger partial charge on any atom is -0.459 e. The summed E-state index contributed by atoms with van der Waals surface area (Å²) in [5.74, 6) is 0.0711. The summed E-state index contributed by atoms with van der Waals surface area (Å²) in [5.41, 5.74) is 0.569. The molecular weight excluding hydrogens is 282 g/mol. The van der Waals surface area contributed by atoms with E-state index in [0.29, 0.717) is 11.6 Å². The van der Waals surface area contributed by atoms with Crippen molar-refractivity contribution in [2.45, 2.75) is 37.8 Å². The number of thioether (sulfide) groups is 1. The van der Waals surface area contributed by atoms with Gasteiger partial charge in [-0.15, -0.1) is 11.8 Å². The molecule has 0 aliphatic carbocycles. The monoisotopic (exact) mass is 301 g/mol. The normalized spacial score (nSPS) is 11.4. The number of esters is 1. The van der Waals surface area contributed by atoms with Crippen molar-refractivity contribution in [2.75, 3.05) is 12.8 Å². The van der Waals surface area contributed by atoms with Crippen molar-refractivity contribution >= 4 is 29.3 Å². The number of hydrogen-bond acceptors (Lipinski definition) is 4. The summed E-state index contributed by atoms with van der Waals surface area (Å²) in [6.45, 7) is 6.26. The number of rotatable bonds is 5. The predicted molar refractivity (Wildman–Crippen MR) is 80.8 cm³/mol. The van der Waals surface area contributed by atoms with Gasteiger partial charge in [0, 0.05) is 16.5 Å². The number of benzene rings is 1. The number of carbonyl (C=O) groups excluding carboxylic acids is 1. The summed E-state index contributed by atoms with van der Waals surface area (Å²) in [6.07, 6.45) is 0. The van der Waals surface area contributed by atoms with Crippen LogP contribution in [-0.4, -0.2) is 24.4 Å². The quantitative estimate of drug-likeness (QED) is 0.667. The van der Waals surface area contributed by atoms with Gasteiger partial charge in [0.25, 0.3) is 0 Å². The maximum absolute atomic E-state index is 11.7. The van der Waals surface area contributed by atoms with Crippen LogP contribution in [0.1, 0.15) is 26.3 Å². The van der Waals surface area contributed by atoms with Crippen LogP contribution in [0.2, 0.25) is 5.02 Å². The Morgan fingerprint density at radius 2 is 2.11 bits per heavy atom. The molecule has 3 nitrogen and oxygen atoms in total. The molecule has 1 aromatic carbocycles. The standard InChI is InChI=1S/C14H20ClNO2S/c1-14(2,3)18-13(17)9-19-12-7-5-6-11(15)10(12)8-16-4/h5-7,16H,8-9H2,1-4H3. The molecule has 0 bridgehead atoms. The smallest absolute Gasteiger partial charge is 0.316 e. The maximum atomic E-state index is 11.7. The Bertz CT molecular complexity index is 444. The minimum atomic E-state index is -0.445. The van der Waals surface area contributed by atoms with Crippen LogP contribution in [0.5, 0.6) is 0 Å². The molecule has 0 atom stereocenters. The van der Waals surface area contributed by atoms with Crippen molar-refractivity contribution < 1.29 is 9.53 Å². The van der Waals surface area contributed by atoms with E-state index in [0.717, 1.165) is 10.5 Å². The van der Waals surface area contributed by atoms with Gasteiger partial charge in [-0.05, 0) is 45.5 Å². The van der Waals surface area contributed by atoms with Gasteiger partial charge in [-0.25, -0.2) is 0 Å². The van der Waals surface area contributed by atoms with Gasteiger partial charge >= 0.3 is 5.97 Å². The third-order valence-corrected chi connectivity index (χ3v) is 3.62. The van der Waals surface area contributed by atoms with Crippen molar-refractivity contribution in [1.82, 2.24) is 5.32 Å². The van der Waals surface area contributed by atoms with E-state index >= 15 is 0 Å². The molecular formula is C14H20ClNO2S. The third-order valence-electron chi connectivity index (χ3n) is 2.19. The molecule has 0 amide bonds. The Morgan fingerprint density at radius 1 is 1.42 bits per heavy atom. The van der Waals surface area contributed by atoms with Gasteiger partial charge in [0.1, 0.15) is 5.60 Å². The van der Waals surface area contributed by atoms with Gasteiger partial charge in [-0.1, -0.05) is 17.7 Å². The highest BCUT2D eigenvalue weighted by molar-refractivity contribution is 8.00. The highest BCUT2D eigenvalue weighted by atomic mass is 35.5. The first-order valence-electron chi connectivity index (χ1n) is 6.10. The van der Waals surface area contributed by atoms with E-state index in [2.05, 4.69) is 5.32 Å². The van der Waals surface area contributed by atoms with E-state index in [-0.39, 0.29) is 11.7 Å². The Hall–Kier alpha value is -0.710. The predicted octanol–water partition coefficient (Wildman–Crippen LogP) is 3.49. The molecule has 1 rings (SSSR count). The fourth-order valence-corrected chi connectivity index (χ4v) is 2.69. The lowest BCUT2D eigenvalue weighted by Gasteiger charge is -2.19. The molecule has 5 heteroatoms. The lowest BCUT2D eigenvalue weighted by molar-refractivity contribution is -0.151. The Labute approximate surface area is 124 Å². The summed E-state index contributed by atoms with van der Waals surface area (Å²) < 4.78 is 5.28. The van der Waals surface area contributed by atoms with Crippen molar-refractivity contribution in [3.63, 3.8) is 0 Å². The van der Waals surface area contributed by atoms with Gasteiger partial charge in [0.2, 0.25) is 0 Å². The van der Waals surface area contributed by atoms with Crippen LogP contribution in [0, 0.1) is 0 Å². The average Bonchev–Trinajstić information content (AvgIpc) is 2.28. The first-order valence-corrected chi connectivity index (χ1v) is 7.46. The molecule has 0 saturated carbocycles. The highest BCUT2D eigenvalue weighted by Crippen LogP contribution is 2.28. The molecule has 1 N–H and O–H groups in total. The maximum Gasteiger partial charge on any atom is 0.316 e. The summed E-state index contributed by atoms with van der Waals surface area (Å²) in [6, 6.07) is 5.71. The summed E-state index contributed by atoms with van der Waals surface area (Å²) in [7, 11) is 1.87. The molecule has 0 heterocycles. The Kier molecular flexibility index (Phi) is 6.17. The van der Waals surface area contributed by atoms with E-state index in [1.54, 1.807) is 0 Å². The molecule has 0 fully saturated rings. The Balaban J connectivity index is 2.67. The minimum absolute atomic E-state index is 0.215. The molecule has 19 heavy (non-hydrogen) atoms. The van der Waals surface area contributed by atoms with E-state index < -0.39 is 5.60 Å². The zero-order valence-corrected chi connectivity index (χ0v) is 13.3. The number of ether oxygens (including phenoxy) is 1. The van der Waals surface area contributed by atoms with Crippen LogP contribution < -0.4 is 5.32 Å². The van der Waals surface area contributed by atoms with E-state index in [1.165, 1.54) is 11.8 Å². The largest absolute Gasteiger partial charge is 0.459 e. The fourth-order valence-electron chi connectivity index (χ4n) is 1.53. The molecule has 0 radical (unpaired) electrons. The third kappa shape index (κ3) is 5.85. The van der Waals surface area contributed by atoms with Crippen molar-refractivity contribution in [3.8, 4) is 0 Å². The number of hydrogen-bond donors (Lipinski definition) is 1. The first kappa shape index (κ1) is 16.3. The van der Waals surface area contributed by atoms with Gasteiger partial charge in [-0.2, -0.15) is 0 Å². The second-order valence-electron chi connectivity index (χ2n) is 5.12. The second kappa shape index (κ2) is 7.17. The van der Waals surface area contributed by atoms with Crippen molar-refractivity contribution in [3.05, 3.63) is 28.8 Å². The number of carbonyl (C=O) groups is 1. The molecule has 0 aromatic heterocycles. The van der Waals surface area contributed by atoms with Crippen LogP contribution in [-0.2, 0) is 16.1 Å². The van der Waals surface area contributed by atoms with Crippen LogP contribution in [0.15, 0.2) is 23.1 Å². The second-order valence-corrected chi connectivity index (χ2v) is 6.55. The number of halogens is 1. The van der Waals surface area contributed by atoms with Gasteiger partial charge in [-0.3, -0.25) is 4.79 Å². The van der Waals surface area contributed by atoms with E-state index in [4.69, 9.17) is 16.3 Å². The lowest BCUT2D eigenvalue weighted by Crippen LogP contribution is -2.24. The van der Waals surface area contributed by atoms with Crippen molar-refractivity contribution in [1.29, 1.82) is 0 Å². The van der Waals surface area contributed by atoms with Crippen molar-refractivity contribution in [2.24, 2.45) is 0 Å². The molecule has 106 valence electrons. The molecule has 0 saturated heterocycles. The summed E-state index contributed by atoms with van der Waals surface area (Å²) in [5, 5.41) is 3.79. The van der Waals surface area contributed by atoms with E-state index in [9.17, 15) is 4.79 Å². The SMILES string of the molecule is CNCc1c(Cl)cccc1SCC(=O)OC(C)(C)C. The van der Waals surface area contributed by atoms with E-state index in [1.807, 2.05) is 46.0 Å². The molecule has 0 aliphatic rings. The first-order chi connectivity index (χ1) is 8.83. The van der Waals surface area contributed by atoms with Crippen LogP contribution in [0.3, 0.4) is 0 Å². The number of nitrogens with one attached hydrogen (secondary N) is 1. The Morgan fingerprint density at radius 3 is 2.68 bits per heavy atom. The molecule has 0 aliphatic heterocycles. The molecule has 0 unspecified atom stereocenters. The van der Waals surface area contributed by atoms with Gasteiger partial charge in [0.05, 0.1) is 5.75 Å². The van der Waals surface area contributed by atoms with Crippen LogP contribution in [0.25, 0.3) is 0 Å². The zero-order chi connectivity index (χ0) is 14.5. The molecule has 0 spiro atoms. The summed E-state index contributed by atoms with van der Waals surface area (Å²) >= 11 is 7.61. The fraction of sp³-hybridized carbons (Fsp3) is 0.500. The molecule has 1 aromatic rings. The summed E-state index contributed by atoms with van der Waals surface area (Å²) in [4.78, 5) is 12.7. The van der Waals surface area contributed by atoms with Crippen LogP contribution >= 0.6 is 23.4 Å². The van der Waals surface area contributed by atoms with Crippen LogP contribution in [0.4, 0.5) is 0 Å². The van der Waals surface area contributed by atoms with Gasteiger partial charge in [0.15, 0.2) is 0 Å².